The van der Waals surface area contributed by atoms with Crippen molar-refractivity contribution in [2.75, 3.05) is 26.3 Å². The van der Waals surface area contributed by atoms with Gasteiger partial charge in [0.25, 0.3) is 0 Å². The molecule has 2 rings (SSSR count). The van der Waals surface area contributed by atoms with Crippen LogP contribution in [0.4, 0.5) is 0 Å². The van der Waals surface area contributed by atoms with Gasteiger partial charge >= 0.3 is 0 Å². The van der Waals surface area contributed by atoms with Gasteiger partial charge in [-0.25, -0.2) is 0 Å². The molecule has 2 fully saturated rings. The summed E-state index contributed by atoms with van der Waals surface area (Å²) in [6, 6.07) is 0. The smallest absolute Gasteiger partial charge is 0.135 e. The lowest BCUT2D eigenvalue weighted by atomic mass is 10.1. The third kappa shape index (κ3) is 5.04. The molecule has 2 aliphatic rings. The van der Waals surface area contributed by atoms with Crippen molar-refractivity contribution < 1.29 is 14.3 Å². The number of rotatable bonds is 7. The molecule has 0 bridgehead atoms. The Labute approximate surface area is 109 Å². The van der Waals surface area contributed by atoms with Crippen LogP contribution in [0.5, 0.6) is 0 Å². The van der Waals surface area contributed by atoms with Gasteiger partial charge in [-0.2, -0.15) is 0 Å². The van der Waals surface area contributed by atoms with Crippen LogP contribution in [0.1, 0.15) is 44.9 Å². The molecule has 4 heteroatoms. The van der Waals surface area contributed by atoms with E-state index in [1.165, 1.54) is 0 Å². The summed E-state index contributed by atoms with van der Waals surface area (Å²) in [4.78, 5) is 11.7. The van der Waals surface area contributed by atoms with Crippen LogP contribution >= 0.6 is 0 Å². The van der Waals surface area contributed by atoms with Gasteiger partial charge in [-0.1, -0.05) is 0 Å². The summed E-state index contributed by atoms with van der Waals surface area (Å²) in [6.07, 6.45) is 7.23. The maximum atomic E-state index is 11.7. The lowest BCUT2D eigenvalue weighted by molar-refractivity contribution is -0.121. The Morgan fingerprint density at radius 2 is 2.06 bits per heavy atom. The highest BCUT2D eigenvalue weighted by atomic mass is 16.5. The number of Topliss-reactive ketones (excluding diaryl/α,β-unsaturated/α-hetero) is 1. The minimum atomic E-state index is 0.319. The highest BCUT2D eigenvalue weighted by Crippen LogP contribution is 2.17. The largest absolute Gasteiger partial charge is 0.378 e. The monoisotopic (exact) mass is 255 g/mol. The molecule has 0 radical (unpaired) electrons. The Bertz CT molecular complexity index is 245. The first-order valence-electron chi connectivity index (χ1n) is 7.30. The van der Waals surface area contributed by atoms with Gasteiger partial charge in [-0.05, 0) is 45.2 Å². The molecule has 2 heterocycles. The number of ketones is 1. The zero-order valence-corrected chi connectivity index (χ0v) is 11.2. The van der Waals surface area contributed by atoms with Crippen molar-refractivity contribution in [3.63, 3.8) is 0 Å². The molecule has 0 aliphatic carbocycles. The van der Waals surface area contributed by atoms with Gasteiger partial charge in [-0.15, -0.1) is 0 Å². The Hall–Kier alpha value is -0.450. The van der Waals surface area contributed by atoms with E-state index >= 15 is 0 Å². The molecule has 104 valence electrons. The van der Waals surface area contributed by atoms with E-state index in [4.69, 9.17) is 9.47 Å². The third-order valence-corrected chi connectivity index (χ3v) is 3.79. The normalized spacial score (nSPS) is 25.4. The zero-order valence-electron chi connectivity index (χ0n) is 11.2. The number of hydrogen-bond acceptors (Lipinski definition) is 4. The van der Waals surface area contributed by atoms with Crippen LogP contribution in [-0.4, -0.2) is 44.3 Å². The van der Waals surface area contributed by atoms with E-state index in [1.54, 1.807) is 0 Å². The average Bonchev–Trinajstić information content (AvgIpc) is 2.91. The standard InChI is InChI=1S/C14H25NO3/c16-12(3-4-13-2-1-10-17-13)7-11-18-14-5-8-15-9-6-14/h13-15H,1-11H2. The number of carbonyl (C=O) groups is 1. The van der Waals surface area contributed by atoms with Crippen molar-refractivity contribution in [2.45, 2.75) is 57.2 Å². The predicted octanol–water partition coefficient (Wildman–Crippen LogP) is 1.67. The van der Waals surface area contributed by atoms with E-state index in [0.29, 0.717) is 37.4 Å². The second-order valence-corrected chi connectivity index (χ2v) is 5.28. The first-order valence-corrected chi connectivity index (χ1v) is 7.30. The summed E-state index contributed by atoms with van der Waals surface area (Å²) in [6.45, 7) is 3.54. The molecule has 4 nitrogen and oxygen atoms in total. The quantitative estimate of drug-likeness (QED) is 0.752. The van der Waals surface area contributed by atoms with E-state index in [-0.39, 0.29) is 0 Å². The van der Waals surface area contributed by atoms with E-state index in [0.717, 1.165) is 51.8 Å². The first kappa shape index (κ1) is 14.0. The molecule has 1 atom stereocenters. The highest BCUT2D eigenvalue weighted by Gasteiger charge is 2.17. The van der Waals surface area contributed by atoms with Crippen LogP contribution < -0.4 is 5.32 Å². The number of carbonyl (C=O) groups excluding carboxylic acids is 1. The van der Waals surface area contributed by atoms with Crippen LogP contribution in [0.25, 0.3) is 0 Å². The summed E-state index contributed by atoms with van der Waals surface area (Å²) >= 11 is 0. The van der Waals surface area contributed by atoms with Crippen molar-refractivity contribution in [1.82, 2.24) is 5.32 Å². The fourth-order valence-corrected chi connectivity index (χ4v) is 2.62. The number of piperidine rings is 1. The molecular weight excluding hydrogens is 230 g/mol. The second-order valence-electron chi connectivity index (χ2n) is 5.28. The maximum absolute atomic E-state index is 11.7. The van der Waals surface area contributed by atoms with E-state index < -0.39 is 0 Å². The van der Waals surface area contributed by atoms with Crippen LogP contribution in [0.2, 0.25) is 0 Å². The average molecular weight is 255 g/mol. The summed E-state index contributed by atoms with van der Waals surface area (Å²) in [5.74, 6) is 0.319. The highest BCUT2D eigenvalue weighted by molar-refractivity contribution is 5.78. The molecule has 0 aromatic carbocycles. The SMILES string of the molecule is O=C(CCOC1CCNCC1)CCC1CCCO1. The number of nitrogens with one attached hydrogen (secondary N) is 1. The fourth-order valence-electron chi connectivity index (χ4n) is 2.62. The molecule has 1 unspecified atom stereocenters. The van der Waals surface area contributed by atoms with Crippen molar-refractivity contribution in [1.29, 1.82) is 0 Å². The molecular formula is C14H25NO3. The third-order valence-electron chi connectivity index (χ3n) is 3.79. The molecule has 0 aromatic heterocycles. The molecule has 18 heavy (non-hydrogen) atoms. The van der Waals surface area contributed by atoms with Gasteiger partial charge in [0.2, 0.25) is 0 Å². The van der Waals surface area contributed by atoms with Crippen molar-refractivity contribution in [2.24, 2.45) is 0 Å². The van der Waals surface area contributed by atoms with Gasteiger partial charge < -0.3 is 14.8 Å². The van der Waals surface area contributed by atoms with Crippen LogP contribution in [0, 0.1) is 0 Å². The molecule has 0 spiro atoms. The lowest BCUT2D eigenvalue weighted by Gasteiger charge is -2.22. The van der Waals surface area contributed by atoms with Gasteiger partial charge in [0, 0.05) is 19.4 Å². The maximum Gasteiger partial charge on any atom is 0.135 e. The molecule has 2 saturated heterocycles. The van der Waals surface area contributed by atoms with Gasteiger partial charge in [0.05, 0.1) is 18.8 Å². The van der Waals surface area contributed by atoms with Gasteiger partial charge in [0.1, 0.15) is 5.78 Å². The summed E-state index contributed by atoms with van der Waals surface area (Å²) in [7, 11) is 0. The molecule has 0 aromatic rings. The van der Waals surface area contributed by atoms with Crippen LogP contribution in [0.15, 0.2) is 0 Å². The zero-order chi connectivity index (χ0) is 12.6. The Morgan fingerprint density at radius 3 is 2.78 bits per heavy atom. The number of hydrogen-bond donors (Lipinski definition) is 1. The minimum Gasteiger partial charge on any atom is -0.378 e. The molecule has 2 aliphatic heterocycles. The Kier molecular flexibility index (Phi) is 6.11. The van der Waals surface area contributed by atoms with Crippen molar-refractivity contribution in [3.05, 3.63) is 0 Å². The van der Waals surface area contributed by atoms with Crippen LogP contribution in [-0.2, 0) is 14.3 Å². The Morgan fingerprint density at radius 1 is 1.22 bits per heavy atom. The first-order chi connectivity index (χ1) is 8.84. The topological polar surface area (TPSA) is 47.6 Å². The fraction of sp³-hybridized carbons (Fsp3) is 0.929. The number of ether oxygens (including phenoxy) is 2. The summed E-state index contributed by atoms with van der Waals surface area (Å²) < 4.78 is 11.2. The summed E-state index contributed by atoms with van der Waals surface area (Å²) in [5, 5.41) is 3.30. The molecule has 1 N–H and O–H groups in total. The predicted molar refractivity (Wildman–Crippen MR) is 69.7 cm³/mol. The van der Waals surface area contributed by atoms with E-state index in [1.807, 2.05) is 0 Å². The van der Waals surface area contributed by atoms with Gasteiger partial charge in [0.15, 0.2) is 0 Å². The van der Waals surface area contributed by atoms with Crippen molar-refractivity contribution in [3.8, 4) is 0 Å². The summed E-state index contributed by atoms with van der Waals surface area (Å²) in [5.41, 5.74) is 0. The van der Waals surface area contributed by atoms with Crippen molar-refractivity contribution >= 4 is 5.78 Å². The molecule has 0 amide bonds. The van der Waals surface area contributed by atoms with E-state index in [2.05, 4.69) is 5.32 Å². The van der Waals surface area contributed by atoms with Crippen LogP contribution in [0.3, 0.4) is 0 Å². The Balaban J connectivity index is 1.48. The minimum absolute atomic E-state index is 0.319. The molecule has 0 saturated carbocycles. The lowest BCUT2D eigenvalue weighted by Crippen LogP contribution is -2.32. The second kappa shape index (κ2) is 7.87. The van der Waals surface area contributed by atoms with E-state index in [9.17, 15) is 4.79 Å². The van der Waals surface area contributed by atoms with Gasteiger partial charge in [-0.3, -0.25) is 4.79 Å².